The third-order valence-corrected chi connectivity index (χ3v) is 8.65. The molecule has 1 unspecified atom stereocenters. The number of benzene rings is 1. The molecule has 1 aromatic carbocycles. The normalized spacial score (nSPS) is 38.2. The second-order valence-corrected chi connectivity index (χ2v) is 14.6. The molecule has 0 aliphatic carbocycles. The van der Waals surface area contributed by atoms with Crippen LogP contribution in [0.4, 0.5) is 0 Å². The average molecular weight is 649 g/mol. The molecule has 2 N–H and O–H groups in total. The van der Waals surface area contributed by atoms with Crippen LogP contribution in [0, 0.1) is 0 Å². The standard InChI is InChI=1S/C29H44O14S/c1-28(2)37-15-19(41-28)21-23(25-27(39-21)43-29(3,4)42-25)40-26-24(35-14-17-9-7-6-8-10-17)22(20(31)18(13-30)38-26)36-16-34-11-12-44(5,32)33/h6-10,18-27,30-31H,11-16H2,1-5H3/t18-,19-,20-,21-,22+,23+,24+,25-,26?,27-/m1/s1. The second-order valence-electron chi connectivity index (χ2n) is 12.3. The van der Waals surface area contributed by atoms with Crippen LogP contribution in [0.1, 0.15) is 33.3 Å². The molecule has 0 bridgehead atoms. The molecule has 250 valence electrons. The molecule has 0 radical (unpaired) electrons. The lowest BCUT2D eigenvalue weighted by Crippen LogP contribution is -2.62. The molecule has 4 saturated heterocycles. The average Bonchev–Trinajstić information content (AvgIpc) is 3.57. The molecule has 4 fully saturated rings. The highest BCUT2D eigenvalue weighted by Crippen LogP contribution is 2.43. The third-order valence-electron chi connectivity index (χ3n) is 7.74. The van der Waals surface area contributed by atoms with Crippen LogP contribution in [0.3, 0.4) is 0 Å². The Labute approximate surface area is 257 Å². The number of aliphatic hydroxyl groups is 2. The Morgan fingerprint density at radius 2 is 1.68 bits per heavy atom. The van der Waals surface area contributed by atoms with Gasteiger partial charge in [0.2, 0.25) is 0 Å². The molecule has 14 nitrogen and oxygen atoms in total. The van der Waals surface area contributed by atoms with E-state index in [1.807, 2.05) is 30.3 Å². The van der Waals surface area contributed by atoms with Gasteiger partial charge in [-0.3, -0.25) is 0 Å². The molecular formula is C29H44O14S. The Bertz CT molecular complexity index is 1180. The zero-order chi connectivity index (χ0) is 31.7. The van der Waals surface area contributed by atoms with Crippen molar-refractivity contribution in [1.82, 2.24) is 0 Å². The van der Waals surface area contributed by atoms with Crippen LogP contribution in [0.15, 0.2) is 30.3 Å². The smallest absolute Gasteiger partial charge is 0.190 e. The van der Waals surface area contributed by atoms with Crippen molar-refractivity contribution in [2.45, 2.75) is 107 Å². The second kappa shape index (κ2) is 13.8. The topological polar surface area (TPSA) is 167 Å². The molecule has 0 aromatic heterocycles. The first-order valence-electron chi connectivity index (χ1n) is 14.7. The Morgan fingerprint density at radius 3 is 2.34 bits per heavy atom. The van der Waals surface area contributed by atoms with Crippen molar-refractivity contribution < 1.29 is 66.0 Å². The van der Waals surface area contributed by atoms with Crippen molar-refractivity contribution in [2.75, 3.05) is 38.6 Å². The minimum absolute atomic E-state index is 0.103. The molecule has 0 spiro atoms. The maximum Gasteiger partial charge on any atom is 0.190 e. The summed E-state index contributed by atoms with van der Waals surface area (Å²) in [7, 11) is -3.24. The summed E-state index contributed by atoms with van der Waals surface area (Å²) in [5, 5.41) is 21.3. The molecule has 0 amide bonds. The summed E-state index contributed by atoms with van der Waals surface area (Å²) < 4.78 is 83.6. The van der Waals surface area contributed by atoms with Crippen molar-refractivity contribution >= 4 is 9.84 Å². The zero-order valence-corrected chi connectivity index (χ0v) is 26.4. The molecule has 1 aromatic rings. The number of hydrogen-bond donors (Lipinski definition) is 2. The third kappa shape index (κ3) is 8.34. The predicted octanol–water partition coefficient (Wildman–Crippen LogP) is 0.467. The van der Waals surface area contributed by atoms with E-state index in [1.54, 1.807) is 27.7 Å². The molecule has 10 atom stereocenters. The van der Waals surface area contributed by atoms with Crippen molar-refractivity contribution in [3.8, 4) is 0 Å². The maximum absolute atomic E-state index is 11.5. The van der Waals surface area contributed by atoms with E-state index in [-0.39, 0.29) is 32.4 Å². The van der Waals surface area contributed by atoms with Crippen molar-refractivity contribution in [3.05, 3.63) is 35.9 Å². The number of aliphatic hydroxyl groups excluding tert-OH is 2. The van der Waals surface area contributed by atoms with Crippen molar-refractivity contribution in [1.29, 1.82) is 0 Å². The Morgan fingerprint density at radius 1 is 0.932 bits per heavy atom. The fourth-order valence-electron chi connectivity index (χ4n) is 5.67. The fraction of sp³-hybridized carbons (Fsp3) is 0.793. The van der Waals surface area contributed by atoms with E-state index in [2.05, 4.69) is 0 Å². The molecule has 5 rings (SSSR count). The summed E-state index contributed by atoms with van der Waals surface area (Å²) in [4.78, 5) is 0. The highest BCUT2D eigenvalue weighted by molar-refractivity contribution is 7.90. The molecule has 4 aliphatic heterocycles. The minimum atomic E-state index is -3.24. The van der Waals surface area contributed by atoms with Gasteiger partial charge < -0.3 is 57.6 Å². The quantitative estimate of drug-likeness (QED) is 0.224. The largest absolute Gasteiger partial charge is 0.394 e. The highest BCUT2D eigenvalue weighted by Gasteiger charge is 2.61. The summed E-state index contributed by atoms with van der Waals surface area (Å²) in [5.74, 6) is -1.97. The molecule has 15 heteroatoms. The van der Waals surface area contributed by atoms with Gasteiger partial charge in [0.05, 0.1) is 32.2 Å². The molecule has 4 aliphatic rings. The predicted molar refractivity (Wildman–Crippen MR) is 151 cm³/mol. The summed E-state index contributed by atoms with van der Waals surface area (Å²) in [6, 6.07) is 9.39. The number of rotatable bonds is 13. The van der Waals surface area contributed by atoms with Gasteiger partial charge >= 0.3 is 0 Å². The molecule has 4 heterocycles. The molecular weight excluding hydrogens is 604 g/mol. The van der Waals surface area contributed by atoms with E-state index < -0.39 is 89.4 Å². The van der Waals surface area contributed by atoms with Crippen LogP contribution >= 0.6 is 0 Å². The minimum Gasteiger partial charge on any atom is -0.394 e. The molecule has 44 heavy (non-hydrogen) atoms. The van der Waals surface area contributed by atoms with Crippen LogP contribution in [0.25, 0.3) is 0 Å². The first-order valence-corrected chi connectivity index (χ1v) is 16.8. The van der Waals surface area contributed by atoms with Crippen LogP contribution in [-0.2, 0) is 63.8 Å². The Hall–Kier alpha value is -1.31. The maximum atomic E-state index is 11.5. The van der Waals surface area contributed by atoms with Crippen LogP contribution in [0.2, 0.25) is 0 Å². The first kappa shape index (κ1) is 34.0. The highest BCUT2D eigenvalue weighted by atomic mass is 32.2. The number of hydrogen-bond acceptors (Lipinski definition) is 14. The summed E-state index contributed by atoms with van der Waals surface area (Å²) in [6.07, 6.45) is -8.04. The van der Waals surface area contributed by atoms with E-state index in [1.165, 1.54) is 0 Å². The van der Waals surface area contributed by atoms with Crippen molar-refractivity contribution in [3.63, 3.8) is 0 Å². The van der Waals surface area contributed by atoms with Gasteiger partial charge in [-0.1, -0.05) is 30.3 Å². The van der Waals surface area contributed by atoms with Gasteiger partial charge in [-0.15, -0.1) is 0 Å². The van der Waals surface area contributed by atoms with Gasteiger partial charge in [-0.25, -0.2) is 8.42 Å². The Kier molecular flexibility index (Phi) is 10.7. The number of fused-ring (bicyclic) bond motifs is 1. The van der Waals surface area contributed by atoms with Crippen LogP contribution in [-0.4, -0.2) is 130 Å². The van der Waals surface area contributed by atoms with E-state index in [9.17, 15) is 18.6 Å². The molecule has 0 saturated carbocycles. The SMILES string of the molecule is CC1(C)O[C@H]2O[C@H]([C@H]3COC(C)(C)O3)[C@H](OC3O[C@H](CO)[C@@H](O)[C@H](OCOCCS(C)(=O)=O)[C@@H]3OCc3ccccc3)[C@H]2O1. The first-order chi connectivity index (χ1) is 20.8. The van der Waals surface area contributed by atoms with Crippen LogP contribution in [0.5, 0.6) is 0 Å². The summed E-state index contributed by atoms with van der Waals surface area (Å²) >= 11 is 0. The van der Waals surface area contributed by atoms with E-state index in [0.29, 0.717) is 0 Å². The summed E-state index contributed by atoms with van der Waals surface area (Å²) in [6.45, 7) is 6.53. The van der Waals surface area contributed by atoms with E-state index >= 15 is 0 Å². The lowest BCUT2D eigenvalue weighted by molar-refractivity contribution is -0.343. The lowest BCUT2D eigenvalue weighted by Gasteiger charge is -2.45. The van der Waals surface area contributed by atoms with Gasteiger partial charge in [0.1, 0.15) is 65.5 Å². The fourth-order valence-corrected chi connectivity index (χ4v) is 6.09. The number of sulfone groups is 1. The van der Waals surface area contributed by atoms with E-state index in [4.69, 9.17) is 47.4 Å². The van der Waals surface area contributed by atoms with Gasteiger partial charge in [0.15, 0.2) is 24.2 Å². The van der Waals surface area contributed by atoms with Gasteiger partial charge in [0, 0.05) is 6.26 Å². The van der Waals surface area contributed by atoms with Gasteiger partial charge in [-0.05, 0) is 33.3 Å². The van der Waals surface area contributed by atoms with Gasteiger partial charge in [-0.2, -0.15) is 0 Å². The zero-order valence-electron chi connectivity index (χ0n) is 25.6. The van der Waals surface area contributed by atoms with Crippen molar-refractivity contribution in [2.24, 2.45) is 0 Å². The van der Waals surface area contributed by atoms with Crippen LogP contribution < -0.4 is 0 Å². The summed E-state index contributed by atoms with van der Waals surface area (Å²) in [5.41, 5.74) is 0.850. The lowest BCUT2D eigenvalue weighted by atomic mass is 9.98. The van der Waals surface area contributed by atoms with Gasteiger partial charge in [0.25, 0.3) is 0 Å². The Balaban J connectivity index is 1.38. The van der Waals surface area contributed by atoms with E-state index in [0.717, 1.165) is 11.8 Å². The number of ether oxygens (including phenoxy) is 10. The monoisotopic (exact) mass is 648 g/mol.